The average molecular weight is 461 g/mol. The highest BCUT2D eigenvalue weighted by molar-refractivity contribution is 5.61. The van der Waals surface area contributed by atoms with E-state index in [2.05, 4.69) is 61.7 Å². The molecule has 0 atom stereocenters. The Balaban J connectivity index is 1.54. The molecule has 1 aromatic heterocycles. The van der Waals surface area contributed by atoms with Gasteiger partial charge in [-0.15, -0.1) is 0 Å². The molecule has 0 saturated carbocycles. The highest BCUT2D eigenvalue weighted by Gasteiger charge is 2.09. The second-order valence-electron chi connectivity index (χ2n) is 8.02. The Labute approximate surface area is 200 Å². The summed E-state index contributed by atoms with van der Waals surface area (Å²) >= 11 is 0. The molecule has 8 nitrogen and oxygen atoms in total. The van der Waals surface area contributed by atoms with Gasteiger partial charge in [-0.25, -0.2) is 0 Å². The molecule has 0 spiro atoms. The van der Waals surface area contributed by atoms with Gasteiger partial charge in [0, 0.05) is 31.8 Å². The highest BCUT2D eigenvalue weighted by atomic mass is 16.5. The maximum absolute atomic E-state index is 5.85. The first-order valence-corrected chi connectivity index (χ1v) is 11.8. The number of hydrogen-bond donors (Lipinski definition) is 3. The van der Waals surface area contributed by atoms with E-state index in [1.807, 2.05) is 31.2 Å². The molecule has 34 heavy (non-hydrogen) atoms. The maximum atomic E-state index is 5.85. The van der Waals surface area contributed by atoms with Gasteiger partial charge < -0.3 is 25.4 Å². The summed E-state index contributed by atoms with van der Waals surface area (Å²) < 4.78 is 11.4. The summed E-state index contributed by atoms with van der Waals surface area (Å²) in [4.78, 5) is 13.5. The Morgan fingerprint density at radius 3 is 2.50 bits per heavy atom. The van der Waals surface area contributed by atoms with Gasteiger partial charge >= 0.3 is 6.01 Å². The van der Waals surface area contributed by atoms with E-state index in [0.29, 0.717) is 44.0 Å². The monoisotopic (exact) mass is 460 g/mol. The van der Waals surface area contributed by atoms with E-state index in [1.165, 1.54) is 0 Å². The van der Waals surface area contributed by atoms with Gasteiger partial charge in [-0.1, -0.05) is 43.0 Å². The van der Waals surface area contributed by atoms with Crippen molar-refractivity contribution in [3.05, 3.63) is 77.6 Å². The minimum absolute atomic E-state index is 0.326. The lowest BCUT2D eigenvalue weighted by molar-refractivity contribution is 0.308. The van der Waals surface area contributed by atoms with E-state index in [9.17, 15) is 0 Å². The number of aromatic nitrogens is 3. The molecule has 0 fully saturated rings. The van der Waals surface area contributed by atoms with Crippen molar-refractivity contribution < 1.29 is 9.47 Å². The first kappa shape index (κ1) is 23.5. The van der Waals surface area contributed by atoms with Gasteiger partial charge in [0.2, 0.25) is 5.95 Å². The molecule has 8 heteroatoms. The predicted molar refractivity (Wildman–Crippen MR) is 134 cm³/mol. The molecule has 0 radical (unpaired) electrons. The van der Waals surface area contributed by atoms with Gasteiger partial charge in [0.1, 0.15) is 11.6 Å². The van der Waals surface area contributed by atoms with Gasteiger partial charge in [0.15, 0.2) is 0 Å². The highest BCUT2D eigenvalue weighted by Crippen LogP contribution is 2.17. The number of nitrogens with zero attached hydrogens (tertiary/aromatic N) is 3. The molecule has 4 aliphatic heterocycles. The van der Waals surface area contributed by atoms with Crippen LogP contribution in [0, 0.1) is 0 Å². The third-order valence-corrected chi connectivity index (χ3v) is 5.38. The summed E-state index contributed by atoms with van der Waals surface area (Å²) in [6, 6.07) is 16.7. The van der Waals surface area contributed by atoms with E-state index in [-0.39, 0.29) is 0 Å². The first-order valence-electron chi connectivity index (χ1n) is 11.8. The van der Waals surface area contributed by atoms with Crippen LogP contribution in [0.4, 0.5) is 5.95 Å². The zero-order chi connectivity index (χ0) is 23.6. The number of rotatable bonds is 2. The smallest absolute Gasteiger partial charge is 0.321 e. The molecular formula is C26H32N6O2. The van der Waals surface area contributed by atoms with Crippen molar-refractivity contribution in [3.8, 4) is 11.8 Å². The Morgan fingerprint density at radius 1 is 0.912 bits per heavy atom. The molecule has 0 saturated heterocycles. The molecular weight excluding hydrogens is 428 g/mol. The molecule has 2 aromatic carbocycles. The Bertz CT molecular complexity index is 1070. The number of nitrogens with one attached hydrogen (secondary N) is 3. The fourth-order valence-electron chi connectivity index (χ4n) is 3.56. The third-order valence-electron chi connectivity index (χ3n) is 5.38. The van der Waals surface area contributed by atoms with Crippen molar-refractivity contribution in [2.75, 3.05) is 38.2 Å². The number of ether oxygens (including phenoxy) is 2. The van der Waals surface area contributed by atoms with Crippen molar-refractivity contribution in [2.24, 2.45) is 0 Å². The minimum Gasteiger partial charge on any atom is -0.494 e. The van der Waals surface area contributed by atoms with Crippen LogP contribution in [-0.2, 0) is 13.0 Å². The van der Waals surface area contributed by atoms with E-state index in [4.69, 9.17) is 9.47 Å². The lowest BCUT2D eigenvalue weighted by Gasteiger charge is -2.12. The minimum atomic E-state index is 0.326. The third kappa shape index (κ3) is 6.92. The normalized spacial score (nSPS) is 15.1. The van der Waals surface area contributed by atoms with Crippen molar-refractivity contribution >= 4 is 11.6 Å². The molecule has 0 unspecified atom stereocenters. The first-order chi connectivity index (χ1) is 16.7. The van der Waals surface area contributed by atoms with E-state index >= 15 is 0 Å². The summed E-state index contributed by atoms with van der Waals surface area (Å²) in [5.74, 6) is 2.01. The van der Waals surface area contributed by atoms with Crippen LogP contribution in [0.15, 0.2) is 55.1 Å². The number of anilines is 1. The van der Waals surface area contributed by atoms with Crippen LogP contribution in [0.25, 0.3) is 5.70 Å². The molecule has 4 aliphatic rings. The van der Waals surface area contributed by atoms with Crippen LogP contribution in [0.3, 0.4) is 0 Å². The molecule has 0 amide bonds. The summed E-state index contributed by atoms with van der Waals surface area (Å²) in [5, 5.41) is 10.1. The SMILES string of the molecule is C=C1NCCNCCCOc2ccc(cc2)CNc2nc(nc(OCC)n2)Cc2ccc1cc2. The fourth-order valence-corrected chi connectivity index (χ4v) is 3.56. The van der Waals surface area contributed by atoms with Crippen LogP contribution in [0.1, 0.15) is 35.9 Å². The second-order valence-corrected chi connectivity index (χ2v) is 8.02. The Morgan fingerprint density at radius 2 is 1.71 bits per heavy atom. The van der Waals surface area contributed by atoms with E-state index in [0.717, 1.165) is 54.2 Å². The molecule has 6 bridgehead atoms. The van der Waals surface area contributed by atoms with Gasteiger partial charge in [0.05, 0.1) is 13.2 Å². The lowest BCUT2D eigenvalue weighted by atomic mass is 10.1. The van der Waals surface area contributed by atoms with Gasteiger partial charge in [-0.2, -0.15) is 15.0 Å². The van der Waals surface area contributed by atoms with Crippen LogP contribution >= 0.6 is 0 Å². The Hall–Kier alpha value is -3.65. The molecule has 0 aliphatic carbocycles. The quantitative estimate of drug-likeness (QED) is 0.536. The average Bonchev–Trinajstić information content (AvgIpc) is 2.85. The molecule has 3 N–H and O–H groups in total. The zero-order valence-corrected chi connectivity index (χ0v) is 19.6. The van der Waals surface area contributed by atoms with Crippen LogP contribution < -0.4 is 25.4 Å². The van der Waals surface area contributed by atoms with Crippen LogP contribution in [-0.4, -0.2) is 47.8 Å². The fraction of sp³-hybridized carbons (Fsp3) is 0.346. The van der Waals surface area contributed by atoms with Crippen LogP contribution in [0.2, 0.25) is 0 Å². The van der Waals surface area contributed by atoms with Crippen molar-refractivity contribution in [2.45, 2.75) is 26.3 Å². The molecule has 5 heterocycles. The van der Waals surface area contributed by atoms with Gasteiger partial charge in [-0.3, -0.25) is 0 Å². The van der Waals surface area contributed by atoms with Crippen LogP contribution in [0.5, 0.6) is 11.8 Å². The predicted octanol–water partition coefficient (Wildman–Crippen LogP) is 3.41. The lowest BCUT2D eigenvalue weighted by Crippen LogP contribution is -2.27. The maximum Gasteiger partial charge on any atom is 0.321 e. The van der Waals surface area contributed by atoms with E-state index in [1.54, 1.807) is 0 Å². The van der Waals surface area contributed by atoms with Crippen molar-refractivity contribution in [1.82, 2.24) is 25.6 Å². The molecule has 7 rings (SSSR count). The van der Waals surface area contributed by atoms with E-state index < -0.39 is 0 Å². The topological polar surface area (TPSA) is 93.2 Å². The number of benzene rings is 2. The summed E-state index contributed by atoms with van der Waals surface area (Å²) in [6.07, 6.45) is 1.52. The molecule has 3 aromatic rings. The Kier molecular flexibility index (Phi) is 8.29. The second kappa shape index (κ2) is 12.0. The number of hydrogen-bond acceptors (Lipinski definition) is 8. The van der Waals surface area contributed by atoms with Gasteiger partial charge in [-0.05, 0) is 48.7 Å². The van der Waals surface area contributed by atoms with Crippen molar-refractivity contribution in [3.63, 3.8) is 0 Å². The standard InChI is InChI=1S/C26H32N6O2/c1-3-33-26-31-24-17-20-5-9-22(10-6-20)19(2)28-15-14-27-13-4-16-34-23-11-7-21(8-12-23)18-29-25(30-24)32-26/h5-12,27-28H,2-4,13-18H2,1H3,(H,29,30,31,32). The zero-order valence-electron chi connectivity index (χ0n) is 19.6. The summed E-state index contributed by atoms with van der Waals surface area (Å²) in [5.41, 5.74) is 4.18. The molecule has 178 valence electrons. The van der Waals surface area contributed by atoms with Crippen molar-refractivity contribution in [1.29, 1.82) is 0 Å². The summed E-state index contributed by atoms with van der Waals surface area (Å²) in [6.45, 7) is 10.4. The summed E-state index contributed by atoms with van der Waals surface area (Å²) in [7, 11) is 0. The van der Waals surface area contributed by atoms with Gasteiger partial charge in [0.25, 0.3) is 0 Å². The largest absolute Gasteiger partial charge is 0.494 e.